The summed E-state index contributed by atoms with van der Waals surface area (Å²) in [6.45, 7) is 0. The molecule has 0 aliphatic rings. The largest absolute Gasteiger partial charge is 0.346 e. The molecule has 0 bridgehead atoms. The van der Waals surface area contributed by atoms with Gasteiger partial charge in [-0.3, -0.25) is 10.1 Å². The molecule has 0 aliphatic heterocycles. The first kappa shape index (κ1) is 8.43. The molecule has 0 saturated heterocycles. The minimum absolute atomic E-state index is 0.491. The van der Waals surface area contributed by atoms with E-state index in [0.717, 1.165) is 22.8 Å². The summed E-state index contributed by atoms with van der Waals surface area (Å²) in [6, 6.07) is 3.65. The van der Waals surface area contributed by atoms with E-state index in [1.807, 2.05) is 6.07 Å². The highest BCUT2D eigenvalue weighted by Gasteiger charge is 2.00. The lowest BCUT2D eigenvalue weighted by Gasteiger charge is -1.87. The summed E-state index contributed by atoms with van der Waals surface area (Å²) >= 11 is 0. The van der Waals surface area contributed by atoms with Gasteiger partial charge in [-0.1, -0.05) is 0 Å². The van der Waals surface area contributed by atoms with Crippen LogP contribution in [0.15, 0.2) is 30.7 Å². The molecule has 2 aromatic rings. The van der Waals surface area contributed by atoms with E-state index in [4.69, 9.17) is 0 Å². The summed E-state index contributed by atoms with van der Waals surface area (Å²) in [6.07, 6.45) is 5.72. The molecule has 14 heavy (non-hydrogen) atoms. The van der Waals surface area contributed by atoms with E-state index < -0.39 is 4.92 Å². The van der Waals surface area contributed by atoms with Crippen LogP contribution in [0.2, 0.25) is 0 Å². The Morgan fingerprint density at radius 3 is 3.21 bits per heavy atom. The first-order valence-corrected chi connectivity index (χ1v) is 4.01. The van der Waals surface area contributed by atoms with Crippen LogP contribution in [0.4, 0.5) is 0 Å². The van der Waals surface area contributed by atoms with Crippen LogP contribution in [0.5, 0.6) is 0 Å². The number of nitro groups is 1. The summed E-state index contributed by atoms with van der Waals surface area (Å²) in [7, 11) is 0. The number of hydrogen-bond donors (Lipinski definition) is 1. The van der Waals surface area contributed by atoms with Gasteiger partial charge in [0.1, 0.15) is 5.65 Å². The van der Waals surface area contributed by atoms with Gasteiger partial charge in [0.2, 0.25) is 6.20 Å². The van der Waals surface area contributed by atoms with Crippen molar-refractivity contribution >= 4 is 17.1 Å². The van der Waals surface area contributed by atoms with Crippen molar-refractivity contribution in [1.82, 2.24) is 9.97 Å². The highest BCUT2D eigenvalue weighted by molar-refractivity contribution is 5.85. The van der Waals surface area contributed by atoms with Crippen LogP contribution in [-0.2, 0) is 0 Å². The smallest absolute Gasteiger partial charge is 0.235 e. The molecule has 0 spiro atoms. The Kier molecular flexibility index (Phi) is 1.98. The van der Waals surface area contributed by atoms with Crippen LogP contribution in [0.25, 0.3) is 17.1 Å². The van der Waals surface area contributed by atoms with Crippen molar-refractivity contribution < 1.29 is 4.92 Å². The molecule has 0 aromatic carbocycles. The average Bonchev–Trinajstić information content (AvgIpc) is 2.58. The van der Waals surface area contributed by atoms with Crippen molar-refractivity contribution in [2.24, 2.45) is 0 Å². The second-order valence-corrected chi connectivity index (χ2v) is 2.74. The number of nitrogens with one attached hydrogen (secondary N) is 1. The first-order chi connectivity index (χ1) is 6.77. The Balaban J connectivity index is 2.48. The van der Waals surface area contributed by atoms with E-state index in [2.05, 4.69) is 9.97 Å². The number of rotatable bonds is 2. The summed E-state index contributed by atoms with van der Waals surface area (Å²) in [5.74, 6) is 0. The predicted molar refractivity (Wildman–Crippen MR) is 52.1 cm³/mol. The van der Waals surface area contributed by atoms with Crippen LogP contribution >= 0.6 is 0 Å². The maximum Gasteiger partial charge on any atom is 0.235 e. The van der Waals surface area contributed by atoms with Crippen molar-refractivity contribution in [1.29, 1.82) is 0 Å². The molecule has 0 fully saturated rings. The number of nitrogens with zero attached hydrogens (tertiary/aromatic N) is 2. The van der Waals surface area contributed by atoms with E-state index in [1.165, 1.54) is 6.08 Å². The number of aromatic amines is 1. The molecule has 0 aliphatic carbocycles. The molecule has 0 saturated carbocycles. The van der Waals surface area contributed by atoms with Crippen LogP contribution < -0.4 is 0 Å². The van der Waals surface area contributed by atoms with Crippen LogP contribution in [0.3, 0.4) is 0 Å². The zero-order chi connectivity index (χ0) is 9.97. The Bertz CT molecular complexity index is 501. The molecule has 0 unspecified atom stereocenters. The first-order valence-electron chi connectivity index (χ1n) is 4.01. The number of aromatic nitrogens is 2. The van der Waals surface area contributed by atoms with Gasteiger partial charge in [0, 0.05) is 29.4 Å². The van der Waals surface area contributed by atoms with Gasteiger partial charge in [-0.15, -0.1) is 0 Å². The topological polar surface area (TPSA) is 71.8 Å². The van der Waals surface area contributed by atoms with Crippen molar-refractivity contribution in [2.45, 2.75) is 0 Å². The maximum atomic E-state index is 10.1. The molecule has 2 heterocycles. The monoisotopic (exact) mass is 189 g/mol. The van der Waals surface area contributed by atoms with Crippen molar-refractivity contribution in [3.63, 3.8) is 0 Å². The van der Waals surface area contributed by atoms with Crippen molar-refractivity contribution in [3.05, 3.63) is 46.4 Å². The average molecular weight is 189 g/mol. The van der Waals surface area contributed by atoms with E-state index in [0.29, 0.717) is 0 Å². The van der Waals surface area contributed by atoms with Crippen molar-refractivity contribution in [2.75, 3.05) is 0 Å². The quantitative estimate of drug-likeness (QED) is 0.578. The van der Waals surface area contributed by atoms with Gasteiger partial charge in [0.05, 0.1) is 4.92 Å². The third-order valence-electron chi connectivity index (χ3n) is 1.86. The molecule has 5 nitrogen and oxygen atoms in total. The second-order valence-electron chi connectivity index (χ2n) is 2.74. The van der Waals surface area contributed by atoms with Gasteiger partial charge in [-0.05, 0) is 12.1 Å². The lowest BCUT2D eigenvalue weighted by atomic mass is 10.2. The minimum atomic E-state index is -0.491. The molecule has 2 aromatic heterocycles. The maximum absolute atomic E-state index is 10.1. The molecule has 2 rings (SSSR count). The number of H-pyrrole nitrogens is 1. The zero-order valence-corrected chi connectivity index (χ0v) is 7.18. The van der Waals surface area contributed by atoms with Crippen molar-refractivity contribution in [3.8, 4) is 0 Å². The number of pyridine rings is 1. The van der Waals surface area contributed by atoms with Gasteiger partial charge < -0.3 is 4.98 Å². The molecule has 0 atom stereocenters. The highest BCUT2D eigenvalue weighted by Crippen LogP contribution is 2.16. The molecule has 0 amide bonds. The lowest BCUT2D eigenvalue weighted by molar-refractivity contribution is -0.400. The molecule has 1 N–H and O–H groups in total. The van der Waals surface area contributed by atoms with E-state index in [-0.39, 0.29) is 0 Å². The lowest BCUT2D eigenvalue weighted by Crippen LogP contribution is -1.81. The SMILES string of the molecule is O=[N+]([O-])C=Cc1c[nH]c2ncccc12. The standard InChI is InChI=1S/C9H7N3O2/c13-12(14)5-3-7-6-11-9-8(7)2-1-4-10-9/h1-6H,(H,10,11). The number of fused-ring (bicyclic) bond motifs is 1. The van der Waals surface area contributed by atoms with Crippen LogP contribution in [-0.4, -0.2) is 14.9 Å². The Hall–Kier alpha value is -2.17. The normalized spacial score (nSPS) is 11.1. The number of hydrogen-bond acceptors (Lipinski definition) is 3. The highest BCUT2D eigenvalue weighted by atomic mass is 16.6. The van der Waals surface area contributed by atoms with E-state index >= 15 is 0 Å². The molecular weight excluding hydrogens is 182 g/mol. The molecule has 5 heteroatoms. The summed E-state index contributed by atoms with van der Waals surface area (Å²) in [5.41, 5.74) is 1.50. The molecular formula is C9H7N3O2. The Labute approximate surface area is 79.2 Å². The minimum Gasteiger partial charge on any atom is -0.346 e. The van der Waals surface area contributed by atoms with E-state index in [1.54, 1.807) is 18.5 Å². The summed E-state index contributed by atoms with van der Waals surface area (Å²) in [4.78, 5) is 16.6. The third kappa shape index (κ3) is 1.47. The van der Waals surface area contributed by atoms with Gasteiger partial charge in [-0.25, -0.2) is 4.98 Å². The second kappa shape index (κ2) is 3.29. The Morgan fingerprint density at radius 1 is 1.57 bits per heavy atom. The predicted octanol–water partition coefficient (Wildman–Crippen LogP) is 1.81. The fourth-order valence-electron chi connectivity index (χ4n) is 1.26. The fraction of sp³-hybridized carbons (Fsp3) is 0. The van der Waals surface area contributed by atoms with Crippen LogP contribution in [0.1, 0.15) is 5.56 Å². The summed E-state index contributed by atoms with van der Waals surface area (Å²) in [5, 5.41) is 11.0. The Morgan fingerprint density at radius 2 is 2.43 bits per heavy atom. The molecule has 70 valence electrons. The van der Waals surface area contributed by atoms with Crippen LogP contribution in [0, 0.1) is 10.1 Å². The van der Waals surface area contributed by atoms with Gasteiger partial charge in [-0.2, -0.15) is 0 Å². The van der Waals surface area contributed by atoms with Gasteiger partial charge in [0.25, 0.3) is 0 Å². The van der Waals surface area contributed by atoms with Gasteiger partial charge >= 0.3 is 0 Å². The molecule has 0 radical (unpaired) electrons. The van der Waals surface area contributed by atoms with Gasteiger partial charge in [0.15, 0.2) is 0 Å². The van der Waals surface area contributed by atoms with E-state index in [9.17, 15) is 10.1 Å². The third-order valence-corrected chi connectivity index (χ3v) is 1.86. The summed E-state index contributed by atoms with van der Waals surface area (Å²) < 4.78 is 0. The zero-order valence-electron chi connectivity index (χ0n) is 7.18. The fourth-order valence-corrected chi connectivity index (χ4v) is 1.26.